The monoisotopic (exact) mass is 640 g/mol. The second kappa shape index (κ2) is 13.0. The highest BCUT2D eigenvalue weighted by Gasteiger charge is 2.18. The lowest BCUT2D eigenvalue weighted by Gasteiger charge is -2.23. The van der Waals surface area contributed by atoms with Crippen LogP contribution < -0.4 is 5.32 Å². The molecule has 2 heteroatoms. The summed E-state index contributed by atoms with van der Waals surface area (Å²) in [5, 5.41) is 11.5. The zero-order chi connectivity index (χ0) is 33.3. The quantitative estimate of drug-likeness (QED) is 0.186. The molecule has 0 bridgehead atoms. The lowest BCUT2D eigenvalue weighted by atomic mass is 9.89. The Hall–Kier alpha value is -6.25. The lowest BCUT2D eigenvalue weighted by Crippen LogP contribution is -2.22. The maximum absolute atomic E-state index is 5.42. The third kappa shape index (κ3) is 5.55. The highest BCUT2D eigenvalue weighted by Crippen LogP contribution is 2.39. The van der Waals surface area contributed by atoms with Crippen molar-refractivity contribution < 1.29 is 0 Å². The molecule has 0 fully saturated rings. The van der Waals surface area contributed by atoms with E-state index in [1.54, 1.807) is 0 Å². The van der Waals surface area contributed by atoms with E-state index in [9.17, 15) is 0 Å². The van der Waals surface area contributed by atoms with Crippen molar-refractivity contribution in [1.82, 2.24) is 5.32 Å². The molecule has 1 atom stereocenters. The molecule has 1 heterocycles. The van der Waals surface area contributed by atoms with Gasteiger partial charge in [-0.2, -0.15) is 0 Å². The first kappa shape index (κ1) is 29.9. The van der Waals surface area contributed by atoms with E-state index in [0.717, 1.165) is 35.4 Å². The summed E-state index contributed by atoms with van der Waals surface area (Å²) in [6.45, 7) is 0. The molecule has 0 saturated heterocycles. The zero-order valence-corrected chi connectivity index (χ0v) is 27.8. The van der Waals surface area contributed by atoms with E-state index in [1.807, 2.05) is 0 Å². The number of hydrogen-bond donors (Lipinski definition) is 1. The minimum absolute atomic E-state index is 0.197. The molecule has 0 spiro atoms. The number of rotatable bonds is 5. The van der Waals surface area contributed by atoms with Crippen LogP contribution in [-0.4, -0.2) is 5.71 Å². The van der Waals surface area contributed by atoms with Gasteiger partial charge in [0.25, 0.3) is 0 Å². The fourth-order valence-electron chi connectivity index (χ4n) is 7.57. The molecule has 0 radical (unpaired) electrons. The van der Waals surface area contributed by atoms with Crippen LogP contribution in [0.3, 0.4) is 0 Å². The molecule has 1 N–H and O–H groups in total. The Morgan fingerprint density at radius 3 is 1.62 bits per heavy atom. The first-order valence-electron chi connectivity index (χ1n) is 17.5. The number of hydrogen-bond acceptors (Lipinski definition) is 2. The molecule has 238 valence electrons. The summed E-state index contributed by atoms with van der Waals surface area (Å²) >= 11 is 0. The summed E-state index contributed by atoms with van der Waals surface area (Å²) in [5.74, 6) is 0. The fourth-order valence-corrected chi connectivity index (χ4v) is 7.57. The molecule has 1 unspecified atom stereocenters. The van der Waals surface area contributed by atoms with Gasteiger partial charge in [-0.3, -0.25) is 4.99 Å². The van der Waals surface area contributed by atoms with Crippen LogP contribution in [-0.2, 0) is 0 Å². The van der Waals surface area contributed by atoms with E-state index in [4.69, 9.17) is 4.99 Å². The summed E-state index contributed by atoms with van der Waals surface area (Å²) in [6, 6.07) is 63.4. The Morgan fingerprint density at radius 1 is 0.420 bits per heavy atom. The minimum Gasteiger partial charge on any atom is -0.360 e. The standard InChI is InChI=1S/C48H36N2/c1-3-15-33(16-4-1)46-27-14-28-47(50-48(49-46)34-17-5-2-6-18-34)37-20-13-19-35(31-37)38-21-7-8-22-39(38)36-29-30-44-42-25-10-9-23-40(42)41-24-11-12-26-43(41)45(44)32-36/h1-13,15-27,29-32,48-49H,14,28H2. The normalized spacial score (nSPS) is 14.8. The molecule has 0 saturated carbocycles. The average Bonchev–Trinajstić information content (AvgIpc) is 3.19. The molecule has 9 rings (SSSR count). The second-order valence-corrected chi connectivity index (χ2v) is 13.0. The van der Waals surface area contributed by atoms with E-state index < -0.39 is 0 Å². The summed E-state index contributed by atoms with van der Waals surface area (Å²) in [6.07, 6.45) is 3.89. The third-order valence-electron chi connectivity index (χ3n) is 10.00. The molecule has 2 nitrogen and oxygen atoms in total. The number of nitrogens with zero attached hydrogens (tertiary/aromatic N) is 1. The van der Waals surface area contributed by atoms with Crippen molar-refractivity contribution in [2.75, 3.05) is 0 Å². The van der Waals surface area contributed by atoms with Gasteiger partial charge in [-0.05, 0) is 96.2 Å². The number of allylic oxidation sites excluding steroid dienone is 1. The zero-order valence-electron chi connectivity index (χ0n) is 27.8. The van der Waals surface area contributed by atoms with Gasteiger partial charge in [0.1, 0.15) is 6.17 Å². The van der Waals surface area contributed by atoms with E-state index in [1.165, 1.54) is 60.1 Å². The molecule has 0 amide bonds. The van der Waals surface area contributed by atoms with E-state index in [2.05, 4.69) is 187 Å². The van der Waals surface area contributed by atoms with Gasteiger partial charge in [0.15, 0.2) is 0 Å². The molecule has 8 aromatic carbocycles. The van der Waals surface area contributed by atoms with Crippen LogP contribution in [0.4, 0.5) is 0 Å². The molecule has 1 aliphatic rings. The molecule has 8 aromatic rings. The molecule has 0 aromatic heterocycles. The van der Waals surface area contributed by atoms with Crippen molar-refractivity contribution >= 4 is 43.7 Å². The van der Waals surface area contributed by atoms with Crippen LogP contribution >= 0.6 is 0 Å². The highest BCUT2D eigenvalue weighted by atomic mass is 15.1. The highest BCUT2D eigenvalue weighted by molar-refractivity contribution is 6.25. The number of benzene rings is 8. The molecule has 50 heavy (non-hydrogen) atoms. The van der Waals surface area contributed by atoms with Gasteiger partial charge >= 0.3 is 0 Å². The largest absolute Gasteiger partial charge is 0.360 e. The first-order valence-corrected chi connectivity index (χ1v) is 17.5. The van der Waals surface area contributed by atoms with Crippen molar-refractivity contribution in [2.24, 2.45) is 4.99 Å². The summed E-state index contributed by atoms with van der Waals surface area (Å²) < 4.78 is 0. The van der Waals surface area contributed by atoms with Crippen LogP contribution in [0.25, 0.3) is 60.3 Å². The van der Waals surface area contributed by atoms with Gasteiger partial charge in [0.2, 0.25) is 0 Å². The predicted molar refractivity (Wildman–Crippen MR) is 212 cm³/mol. The van der Waals surface area contributed by atoms with Gasteiger partial charge in [-0.25, -0.2) is 0 Å². The maximum Gasteiger partial charge on any atom is 0.145 e. The summed E-state index contributed by atoms with van der Waals surface area (Å²) in [5.41, 5.74) is 10.6. The van der Waals surface area contributed by atoms with Gasteiger partial charge in [0.05, 0.1) is 0 Å². The molecule has 0 aliphatic carbocycles. The Kier molecular flexibility index (Phi) is 7.75. The molecular weight excluding hydrogens is 605 g/mol. The smallest absolute Gasteiger partial charge is 0.145 e. The topological polar surface area (TPSA) is 24.4 Å². The maximum atomic E-state index is 5.42. The van der Waals surface area contributed by atoms with Crippen LogP contribution in [0.15, 0.2) is 187 Å². The van der Waals surface area contributed by atoms with Crippen LogP contribution in [0.5, 0.6) is 0 Å². The van der Waals surface area contributed by atoms with Crippen molar-refractivity contribution in [3.8, 4) is 22.3 Å². The van der Waals surface area contributed by atoms with Gasteiger partial charge < -0.3 is 5.32 Å². The Morgan fingerprint density at radius 2 is 0.940 bits per heavy atom. The van der Waals surface area contributed by atoms with Gasteiger partial charge in [-0.1, -0.05) is 170 Å². The molecule has 1 aliphatic heterocycles. The number of fused-ring (bicyclic) bond motifs is 6. The van der Waals surface area contributed by atoms with E-state index in [-0.39, 0.29) is 6.17 Å². The van der Waals surface area contributed by atoms with Crippen molar-refractivity contribution in [3.63, 3.8) is 0 Å². The SMILES string of the molecule is C1=C(c2ccccc2)NC(c2ccccc2)N=C(c2cccc(-c3ccccc3-c3ccc4c5ccccc5c5ccccc5c4c3)c2)CC1. The summed E-state index contributed by atoms with van der Waals surface area (Å²) in [4.78, 5) is 5.42. The number of nitrogens with one attached hydrogen (secondary N) is 1. The van der Waals surface area contributed by atoms with E-state index in [0.29, 0.717) is 0 Å². The van der Waals surface area contributed by atoms with Gasteiger partial charge in [0, 0.05) is 11.4 Å². The van der Waals surface area contributed by atoms with Crippen molar-refractivity contribution in [2.45, 2.75) is 19.0 Å². The molecular formula is C48H36N2. The Labute approximate surface area is 293 Å². The van der Waals surface area contributed by atoms with Crippen molar-refractivity contribution in [1.29, 1.82) is 0 Å². The second-order valence-electron chi connectivity index (χ2n) is 13.0. The van der Waals surface area contributed by atoms with Crippen LogP contribution in [0.2, 0.25) is 0 Å². The number of aliphatic imine (C=N–C) groups is 1. The van der Waals surface area contributed by atoms with E-state index >= 15 is 0 Å². The average molecular weight is 641 g/mol. The third-order valence-corrected chi connectivity index (χ3v) is 10.00. The van der Waals surface area contributed by atoms with Crippen LogP contribution in [0.1, 0.15) is 35.7 Å². The Bertz CT molecular complexity index is 2530. The van der Waals surface area contributed by atoms with Crippen LogP contribution in [0, 0.1) is 0 Å². The predicted octanol–water partition coefficient (Wildman–Crippen LogP) is 12.4. The Balaban J connectivity index is 1.12. The fraction of sp³-hybridized carbons (Fsp3) is 0.0625. The first-order chi connectivity index (χ1) is 24.8. The van der Waals surface area contributed by atoms with Gasteiger partial charge in [-0.15, -0.1) is 0 Å². The minimum atomic E-state index is -0.197. The summed E-state index contributed by atoms with van der Waals surface area (Å²) in [7, 11) is 0. The van der Waals surface area contributed by atoms with Crippen molar-refractivity contribution in [3.05, 3.63) is 199 Å². The lowest BCUT2D eigenvalue weighted by molar-refractivity contribution is 0.661.